The third-order valence-corrected chi connectivity index (χ3v) is 6.19. The summed E-state index contributed by atoms with van der Waals surface area (Å²) in [4.78, 5) is 15.0. The lowest BCUT2D eigenvalue weighted by Gasteiger charge is -2.40. The third-order valence-electron chi connectivity index (χ3n) is 6.19. The van der Waals surface area contributed by atoms with Crippen molar-refractivity contribution in [2.24, 2.45) is 0 Å². The Morgan fingerprint density at radius 2 is 1.78 bits per heavy atom. The van der Waals surface area contributed by atoms with E-state index in [4.69, 9.17) is 9.15 Å². The van der Waals surface area contributed by atoms with Gasteiger partial charge in [-0.1, -0.05) is 6.07 Å². The predicted octanol–water partition coefficient (Wildman–Crippen LogP) is 4.31. The van der Waals surface area contributed by atoms with Crippen LogP contribution >= 0.6 is 12.4 Å². The largest absolute Gasteiger partial charge is 0.420 e. The molecule has 27 heavy (non-hydrogen) atoms. The van der Waals surface area contributed by atoms with E-state index in [1.807, 2.05) is 16.7 Å². The van der Waals surface area contributed by atoms with Crippen LogP contribution in [-0.2, 0) is 4.74 Å². The zero-order valence-electron chi connectivity index (χ0n) is 16.4. The van der Waals surface area contributed by atoms with Crippen LogP contribution in [0.4, 0.5) is 0 Å². The van der Waals surface area contributed by atoms with Gasteiger partial charge in [0.15, 0.2) is 5.58 Å². The summed E-state index contributed by atoms with van der Waals surface area (Å²) in [5, 5.41) is 0. The van der Waals surface area contributed by atoms with E-state index in [1.165, 1.54) is 25.7 Å². The number of piperidine rings is 1. The van der Waals surface area contributed by atoms with Crippen molar-refractivity contribution in [3.05, 3.63) is 34.3 Å². The van der Waals surface area contributed by atoms with Crippen molar-refractivity contribution >= 4 is 23.5 Å². The fourth-order valence-electron chi connectivity index (χ4n) is 4.81. The molecule has 4 rings (SSSR count). The summed E-state index contributed by atoms with van der Waals surface area (Å²) in [5.74, 6) is -0.207. The molecule has 0 unspecified atom stereocenters. The molecule has 0 amide bonds. The van der Waals surface area contributed by atoms with Crippen LogP contribution in [0.3, 0.4) is 0 Å². The molecule has 1 aromatic carbocycles. The van der Waals surface area contributed by atoms with E-state index in [2.05, 4.69) is 24.8 Å². The van der Waals surface area contributed by atoms with E-state index in [9.17, 15) is 4.79 Å². The van der Waals surface area contributed by atoms with Crippen molar-refractivity contribution in [1.82, 2.24) is 9.47 Å². The number of oxazole rings is 1. The van der Waals surface area contributed by atoms with Crippen molar-refractivity contribution in [3.63, 3.8) is 0 Å². The molecule has 0 radical (unpaired) electrons. The van der Waals surface area contributed by atoms with Crippen molar-refractivity contribution < 1.29 is 9.15 Å². The van der Waals surface area contributed by atoms with Gasteiger partial charge in [-0.3, -0.25) is 4.57 Å². The molecule has 2 fully saturated rings. The first-order chi connectivity index (χ1) is 12.7. The van der Waals surface area contributed by atoms with Crippen LogP contribution in [-0.4, -0.2) is 41.3 Å². The zero-order chi connectivity index (χ0) is 18.1. The predicted molar refractivity (Wildman–Crippen MR) is 110 cm³/mol. The quantitative estimate of drug-likeness (QED) is 0.775. The second-order valence-electron chi connectivity index (χ2n) is 7.86. The standard InChI is InChI=1S/C21H30N2O3.ClH/c1-3-25-18-7-5-16(6-8-18)22-12-10-17(11-13-22)23-19-14-15(2)4-9-20(19)26-21(23)24;/h4,9,14,16-18H,3,5-8,10-13H2,1-2H3;1H. The molecule has 1 saturated heterocycles. The van der Waals surface area contributed by atoms with Crippen LogP contribution in [0.15, 0.2) is 27.4 Å². The molecule has 2 aliphatic rings. The third kappa shape index (κ3) is 4.25. The number of fused-ring (bicyclic) bond motifs is 1. The van der Waals surface area contributed by atoms with Gasteiger partial charge in [-0.05, 0) is 70.1 Å². The smallest absolute Gasteiger partial charge is 0.408 e. The van der Waals surface area contributed by atoms with Crippen LogP contribution in [0.5, 0.6) is 0 Å². The molecule has 2 heterocycles. The van der Waals surface area contributed by atoms with Gasteiger partial charge in [-0.2, -0.15) is 0 Å². The second-order valence-corrected chi connectivity index (χ2v) is 7.86. The van der Waals surface area contributed by atoms with Crippen LogP contribution in [0.1, 0.15) is 57.1 Å². The first-order valence-electron chi connectivity index (χ1n) is 10.1. The van der Waals surface area contributed by atoms with Gasteiger partial charge in [0, 0.05) is 31.8 Å². The van der Waals surface area contributed by atoms with Crippen LogP contribution in [0, 0.1) is 6.92 Å². The van der Waals surface area contributed by atoms with Crippen molar-refractivity contribution in [2.75, 3.05) is 19.7 Å². The van der Waals surface area contributed by atoms with E-state index in [0.717, 1.165) is 43.6 Å². The molecular formula is C21H31ClN2O3. The first-order valence-corrected chi connectivity index (χ1v) is 10.1. The van der Waals surface area contributed by atoms with Gasteiger partial charge in [0.25, 0.3) is 0 Å². The minimum atomic E-state index is -0.207. The Labute approximate surface area is 167 Å². The maximum Gasteiger partial charge on any atom is 0.420 e. The van der Waals surface area contributed by atoms with Crippen molar-refractivity contribution in [2.45, 2.75) is 70.6 Å². The minimum absolute atomic E-state index is 0. The SMILES string of the molecule is CCOC1CCC(N2CCC(n3c(=O)oc4ccc(C)cc43)CC2)CC1.Cl. The Morgan fingerprint density at radius 1 is 1.07 bits per heavy atom. The summed E-state index contributed by atoms with van der Waals surface area (Å²) in [6.45, 7) is 7.11. The summed E-state index contributed by atoms with van der Waals surface area (Å²) < 4.78 is 13.1. The average Bonchev–Trinajstić information content (AvgIpc) is 2.98. The number of halogens is 1. The number of hydrogen-bond donors (Lipinski definition) is 0. The number of aromatic nitrogens is 1. The van der Waals surface area contributed by atoms with E-state index < -0.39 is 0 Å². The highest BCUT2D eigenvalue weighted by Gasteiger charge is 2.30. The van der Waals surface area contributed by atoms with Gasteiger partial charge in [0.2, 0.25) is 0 Å². The Kier molecular flexibility index (Phi) is 6.66. The fraction of sp³-hybridized carbons (Fsp3) is 0.667. The Bertz CT molecular complexity index is 799. The summed E-state index contributed by atoms with van der Waals surface area (Å²) in [7, 11) is 0. The minimum Gasteiger partial charge on any atom is -0.408 e. The van der Waals surface area contributed by atoms with E-state index in [0.29, 0.717) is 17.7 Å². The highest BCUT2D eigenvalue weighted by Crippen LogP contribution is 2.31. The van der Waals surface area contributed by atoms with E-state index >= 15 is 0 Å². The van der Waals surface area contributed by atoms with Gasteiger partial charge in [-0.15, -0.1) is 12.4 Å². The summed E-state index contributed by atoms with van der Waals surface area (Å²) >= 11 is 0. The van der Waals surface area contributed by atoms with E-state index in [1.54, 1.807) is 0 Å². The molecule has 0 spiro atoms. The van der Waals surface area contributed by atoms with Gasteiger partial charge in [0.05, 0.1) is 11.6 Å². The Hall–Kier alpha value is -1.30. The van der Waals surface area contributed by atoms with E-state index in [-0.39, 0.29) is 24.2 Å². The topological polar surface area (TPSA) is 47.6 Å². The molecule has 6 heteroatoms. The van der Waals surface area contributed by atoms with Crippen LogP contribution in [0.25, 0.3) is 11.1 Å². The first kappa shape index (κ1) is 20.4. The zero-order valence-corrected chi connectivity index (χ0v) is 17.2. The van der Waals surface area contributed by atoms with Gasteiger partial charge in [-0.25, -0.2) is 4.79 Å². The molecule has 0 bridgehead atoms. The maximum absolute atomic E-state index is 12.4. The molecule has 0 N–H and O–H groups in total. The average molecular weight is 395 g/mol. The molecular weight excluding hydrogens is 364 g/mol. The number of hydrogen-bond acceptors (Lipinski definition) is 4. The summed E-state index contributed by atoms with van der Waals surface area (Å²) in [5.41, 5.74) is 2.82. The number of rotatable bonds is 4. The monoisotopic (exact) mass is 394 g/mol. The molecule has 1 aliphatic carbocycles. The molecule has 0 atom stereocenters. The molecule has 5 nitrogen and oxygen atoms in total. The van der Waals surface area contributed by atoms with Gasteiger partial charge < -0.3 is 14.1 Å². The van der Waals surface area contributed by atoms with Crippen molar-refractivity contribution in [1.29, 1.82) is 0 Å². The lowest BCUT2D eigenvalue weighted by molar-refractivity contribution is 0.00787. The molecule has 1 aromatic heterocycles. The highest BCUT2D eigenvalue weighted by molar-refractivity contribution is 5.85. The number of nitrogens with zero attached hydrogens (tertiary/aromatic N) is 2. The second kappa shape index (κ2) is 8.80. The van der Waals surface area contributed by atoms with Gasteiger partial charge in [0.1, 0.15) is 0 Å². The number of aryl methyl sites for hydroxylation is 1. The van der Waals surface area contributed by atoms with Crippen molar-refractivity contribution in [3.8, 4) is 0 Å². The molecule has 1 saturated carbocycles. The summed E-state index contributed by atoms with van der Waals surface area (Å²) in [6, 6.07) is 6.92. The Morgan fingerprint density at radius 3 is 2.44 bits per heavy atom. The number of likely N-dealkylation sites (tertiary alicyclic amines) is 1. The lowest BCUT2D eigenvalue weighted by atomic mass is 9.90. The Balaban J connectivity index is 0.00000210. The highest BCUT2D eigenvalue weighted by atomic mass is 35.5. The molecule has 2 aromatic rings. The van der Waals surface area contributed by atoms with Crippen LogP contribution < -0.4 is 5.76 Å². The van der Waals surface area contributed by atoms with Crippen LogP contribution in [0.2, 0.25) is 0 Å². The number of benzene rings is 1. The summed E-state index contributed by atoms with van der Waals surface area (Å²) in [6.07, 6.45) is 7.36. The fourth-order valence-corrected chi connectivity index (χ4v) is 4.81. The molecule has 1 aliphatic heterocycles. The normalized spacial score (nSPS) is 24.8. The van der Waals surface area contributed by atoms with Gasteiger partial charge >= 0.3 is 5.76 Å². The molecule has 150 valence electrons. The lowest BCUT2D eigenvalue weighted by Crippen LogP contribution is -2.45. The number of ether oxygens (including phenoxy) is 1. The maximum atomic E-state index is 12.4.